The van der Waals surface area contributed by atoms with E-state index in [1.165, 1.54) is 11.1 Å². The number of rotatable bonds is 7. The van der Waals surface area contributed by atoms with Crippen molar-refractivity contribution in [2.24, 2.45) is 5.92 Å². The maximum atomic E-state index is 6.09. The van der Waals surface area contributed by atoms with E-state index in [-0.39, 0.29) is 0 Å². The predicted octanol–water partition coefficient (Wildman–Crippen LogP) is 5.26. The largest absolute Gasteiger partial charge is 0.310 e. The standard InChI is InChI=1S/C19H24ClN/c1-3-12-21-19(17-9-5-4-6-10-17)15(2)13-16-8-7-11-18(20)14-16/h4-11,14-15,19,21H,3,12-13H2,1-2H3. The smallest absolute Gasteiger partial charge is 0.0408 e. The summed E-state index contributed by atoms with van der Waals surface area (Å²) in [5.41, 5.74) is 2.66. The summed E-state index contributed by atoms with van der Waals surface area (Å²) in [6, 6.07) is 19.3. The van der Waals surface area contributed by atoms with Crippen LogP contribution in [0.15, 0.2) is 54.6 Å². The van der Waals surface area contributed by atoms with E-state index in [9.17, 15) is 0 Å². The zero-order chi connectivity index (χ0) is 15.1. The maximum absolute atomic E-state index is 6.09. The van der Waals surface area contributed by atoms with Crippen molar-refractivity contribution >= 4 is 11.6 Å². The molecule has 0 radical (unpaired) electrons. The molecule has 2 aromatic rings. The van der Waals surface area contributed by atoms with Gasteiger partial charge < -0.3 is 5.32 Å². The fraction of sp³-hybridized carbons (Fsp3) is 0.368. The zero-order valence-corrected chi connectivity index (χ0v) is 13.6. The Morgan fingerprint density at radius 1 is 1.05 bits per heavy atom. The highest BCUT2D eigenvalue weighted by Crippen LogP contribution is 2.26. The van der Waals surface area contributed by atoms with Crippen molar-refractivity contribution in [2.45, 2.75) is 32.7 Å². The van der Waals surface area contributed by atoms with Gasteiger partial charge in [-0.2, -0.15) is 0 Å². The van der Waals surface area contributed by atoms with E-state index < -0.39 is 0 Å². The fourth-order valence-electron chi connectivity index (χ4n) is 2.76. The van der Waals surface area contributed by atoms with Crippen LogP contribution < -0.4 is 5.32 Å². The van der Waals surface area contributed by atoms with E-state index in [1.807, 2.05) is 12.1 Å². The fourth-order valence-corrected chi connectivity index (χ4v) is 2.97. The van der Waals surface area contributed by atoms with Crippen LogP contribution in [0.4, 0.5) is 0 Å². The maximum Gasteiger partial charge on any atom is 0.0408 e. The van der Waals surface area contributed by atoms with Crippen LogP contribution in [0.3, 0.4) is 0 Å². The summed E-state index contributed by atoms with van der Waals surface area (Å²) in [6.07, 6.45) is 2.17. The summed E-state index contributed by atoms with van der Waals surface area (Å²) in [6.45, 7) is 5.55. The van der Waals surface area contributed by atoms with Crippen LogP contribution in [0.2, 0.25) is 5.02 Å². The molecule has 21 heavy (non-hydrogen) atoms. The molecule has 2 aromatic carbocycles. The molecule has 2 rings (SSSR count). The summed E-state index contributed by atoms with van der Waals surface area (Å²) in [5.74, 6) is 0.511. The first kappa shape index (κ1) is 16.1. The number of hydrogen-bond acceptors (Lipinski definition) is 1. The Morgan fingerprint density at radius 2 is 1.81 bits per heavy atom. The van der Waals surface area contributed by atoms with Gasteiger partial charge in [-0.25, -0.2) is 0 Å². The Kier molecular flexibility index (Phi) is 6.28. The van der Waals surface area contributed by atoms with Crippen LogP contribution in [-0.2, 0) is 6.42 Å². The molecule has 0 amide bonds. The Morgan fingerprint density at radius 3 is 2.48 bits per heavy atom. The number of benzene rings is 2. The SMILES string of the molecule is CCCNC(c1ccccc1)C(C)Cc1cccc(Cl)c1. The van der Waals surface area contributed by atoms with Gasteiger partial charge in [0.1, 0.15) is 0 Å². The van der Waals surface area contributed by atoms with Gasteiger partial charge >= 0.3 is 0 Å². The minimum Gasteiger partial charge on any atom is -0.310 e. The number of halogens is 1. The van der Waals surface area contributed by atoms with Crippen LogP contribution in [0.5, 0.6) is 0 Å². The van der Waals surface area contributed by atoms with Crippen molar-refractivity contribution in [3.05, 3.63) is 70.7 Å². The van der Waals surface area contributed by atoms with Gasteiger partial charge in [0.05, 0.1) is 0 Å². The molecule has 2 unspecified atom stereocenters. The molecule has 0 heterocycles. The van der Waals surface area contributed by atoms with Crippen LogP contribution in [0, 0.1) is 5.92 Å². The molecule has 2 heteroatoms. The molecule has 0 aliphatic carbocycles. The molecule has 0 bridgehead atoms. The van der Waals surface area contributed by atoms with E-state index in [4.69, 9.17) is 11.6 Å². The zero-order valence-electron chi connectivity index (χ0n) is 12.9. The minimum absolute atomic E-state index is 0.380. The van der Waals surface area contributed by atoms with E-state index in [2.05, 4.69) is 61.6 Å². The molecule has 0 aromatic heterocycles. The van der Waals surface area contributed by atoms with E-state index >= 15 is 0 Å². The molecule has 0 saturated carbocycles. The second kappa shape index (κ2) is 8.21. The van der Waals surface area contributed by atoms with Crippen LogP contribution in [0.1, 0.15) is 37.4 Å². The average Bonchev–Trinajstić information content (AvgIpc) is 2.49. The molecule has 112 valence electrons. The third kappa shape index (κ3) is 4.87. The van der Waals surface area contributed by atoms with E-state index in [0.717, 1.165) is 24.4 Å². The first-order chi connectivity index (χ1) is 10.2. The van der Waals surface area contributed by atoms with Gasteiger partial charge in [-0.1, -0.05) is 67.9 Å². The second-order valence-electron chi connectivity index (χ2n) is 5.65. The molecule has 1 nitrogen and oxygen atoms in total. The Labute approximate surface area is 133 Å². The van der Waals surface area contributed by atoms with Crippen LogP contribution in [0.25, 0.3) is 0 Å². The van der Waals surface area contributed by atoms with Crippen molar-refractivity contribution in [1.29, 1.82) is 0 Å². The summed E-state index contributed by atoms with van der Waals surface area (Å²) >= 11 is 6.09. The van der Waals surface area contributed by atoms with Crippen LogP contribution in [-0.4, -0.2) is 6.54 Å². The Balaban J connectivity index is 2.12. The van der Waals surface area contributed by atoms with Crippen molar-refractivity contribution in [2.75, 3.05) is 6.54 Å². The first-order valence-electron chi connectivity index (χ1n) is 7.73. The number of hydrogen-bond donors (Lipinski definition) is 1. The monoisotopic (exact) mass is 301 g/mol. The highest BCUT2D eigenvalue weighted by Gasteiger charge is 2.18. The molecule has 0 fully saturated rings. The quantitative estimate of drug-likeness (QED) is 0.735. The van der Waals surface area contributed by atoms with Crippen molar-refractivity contribution in [3.63, 3.8) is 0 Å². The summed E-state index contributed by atoms with van der Waals surface area (Å²) in [5, 5.41) is 4.50. The first-order valence-corrected chi connectivity index (χ1v) is 8.11. The van der Waals surface area contributed by atoms with E-state index in [1.54, 1.807) is 0 Å². The molecule has 0 spiro atoms. The summed E-state index contributed by atoms with van der Waals surface area (Å²) in [4.78, 5) is 0. The van der Waals surface area contributed by atoms with Gasteiger partial charge in [-0.15, -0.1) is 0 Å². The Hall–Kier alpha value is -1.31. The van der Waals surface area contributed by atoms with Crippen molar-refractivity contribution < 1.29 is 0 Å². The van der Waals surface area contributed by atoms with Crippen molar-refractivity contribution in [3.8, 4) is 0 Å². The van der Waals surface area contributed by atoms with Crippen molar-refractivity contribution in [1.82, 2.24) is 5.32 Å². The predicted molar refractivity (Wildman–Crippen MR) is 91.8 cm³/mol. The van der Waals surface area contributed by atoms with Gasteiger partial charge in [-0.3, -0.25) is 0 Å². The molecule has 0 aliphatic heterocycles. The third-order valence-electron chi connectivity index (χ3n) is 3.79. The van der Waals surface area contributed by atoms with Gasteiger partial charge in [0.15, 0.2) is 0 Å². The summed E-state index contributed by atoms with van der Waals surface area (Å²) < 4.78 is 0. The normalized spacial score (nSPS) is 13.9. The average molecular weight is 302 g/mol. The molecule has 0 aliphatic rings. The minimum atomic E-state index is 0.380. The van der Waals surface area contributed by atoms with Gasteiger partial charge in [0.2, 0.25) is 0 Å². The lowest BCUT2D eigenvalue weighted by atomic mass is 9.89. The highest BCUT2D eigenvalue weighted by atomic mass is 35.5. The summed E-state index contributed by atoms with van der Waals surface area (Å²) in [7, 11) is 0. The molecule has 0 saturated heterocycles. The Bertz CT molecular complexity index is 538. The highest BCUT2D eigenvalue weighted by molar-refractivity contribution is 6.30. The second-order valence-corrected chi connectivity index (χ2v) is 6.09. The molecular weight excluding hydrogens is 278 g/mol. The lowest BCUT2D eigenvalue weighted by Gasteiger charge is -2.26. The molecule has 2 atom stereocenters. The lowest BCUT2D eigenvalue weighted by Crippen LogP contribution is -2.28. The number of nitrogens with one attached hydrogen (secondary N) is 1. The third-order valence-corrected chi connectivity index (χ3v) is 4.02. The van der Waals surface area contributed by atoms with Gasteiger partial charge in [0.25, 0.3) is 0 Å². The van der Waals surface area contributed by atoms with E-state index in [0.29, 0.717) is 12.0 Å². The van der Waals surface area contributed by atoms with Gasteiger partial charge in [0, 0.05) is 11.1 Å². The molecular formula is C19H24ClN. The topological polar surface area (TPSA) is 12.0 Å². The lowest BCUT2D eigenvalue weighted by molar-refractivity contribution is 0.384. The van der Waals surface area contributed by atoms with Crippen LogP contribution >= 0.6 is 11.6 Å². The van der Waals surface area contributed by atoms with Gasteiger partial charge in [-0.05, 0) is 48.6 Å². The molecule has 1 N–H and O–H groups in total.